The molecule has 218 valence electrons. The van der Waals surface area contributed by atoms with Gasteiger partial charge in [-0.1, -0.05) is 40.2 Å². The van der Waals surface area contributed by atoms with E-state index in [0.29, 0.717) is 19.3 Å². The van der Waals surface area contributed by atoms with E-state index in [1.54, 1.807) is 6.08 Å². The molecule has 1 heterocycles. The van der Waals surface area contributed by atoms with E-state index in [1.807, 2.05) is 13.8 Å². The summed E-state index contributed by atoms with van der Waals surface area (Å²) in [4.78, 5) is 38.7. The largest absolute Gasteiger partial charge is 0.409 e. The van der Waals surface area contributed by atoms with Gasteiger partial charge in [0.05, 0.1) is 24.7 Å². The highest BCUT2D eigenvalue weighted by atomic mass is 28.4. The lowest BCUT2D eigenvalue weighted by Crippen LogP contribution is -2.64. The van der Waals surface area contributed by atoms with Gasteiger partial charge in [0, 0.05) is 5.41 Å². The molecule has 0 aromatic carbocycles. The quantitative estimate of drug-likeness (QED) is 0.287. The van der Waals surface area contributed by atoms with Gasteiger partial charge in [-0.05, 0) is 93.3 Å². The van der Waals surface area contributed by atoms with Crippen LogP contribution in [0, 0.1) is 34.5 Å². The van der Waals surface area contributed by atoms with E-state index in [4.69, 9.17) is 13.9 Å². The van der Waals surface area contributed by atoms with Crippen LogP contribution < -0.4 is 0 Å². The molecule has 4 aliphatic carbocycles. The van der Waals surface area contributed by atoms with Gasteiger partial charge in [-0.2, -0.15) is 0 Å². The zero-order chi connectivity index (χ0) is 29.0. The molecule has 39 heavy (non-hydrogen) atoms. The Morgan fingerprint density at radius 3 is 2.49 bits per heavy atom. The van der Waals surface area contributed by atoms with Gasteiger partial charge in [-0.25, -0.2) is 0 Å². The van der Waals surface area contributed by atoms with E-state index in [2.05, 4.69) is 47.7 Å². The summed E-state index contributed by atoms with van der Waals surface area (Å²) in [5.41, 5.74) is -1.19. The highest BCUT2D eigenvalue weighted by molar-refractivity contribution is 6.74. The zero-order valence-corrected chi connectivity index (χ0v) is 26.3. The fraction of sp³-hybridized carbons (Fsp3) is 0.839. The third-order valence-electron chi connectivity index (χ3n) is 11.9. The first-order valence-corrected chi connectivity index (χ1v) is 17.7. The van der Waals surface area contributed by atoms with Crippen molar-refractivity contribution in [3.63, 3.8) is 0 Å². The minimum Gasteiger partial charge on any atom is -0.409 e. The summed E-state index contributed by atoms with van der Waals surface area (Å²) in [5.74, 6) is -1.62. The van der Waals surface area contributed by atoms with Crippen LogP contribution in [0.1, 0.15) is 80.6 Å². The van der Waals surface area contributed by atoms with Crippen molar-refractivity contribution in [3.05, 3.63) is 11.6 Å². The maximum Gasteiger partial charge on any atom is 0.192 e. The fourth-order valence-corrected chi connectivity index (χ4v) is 10.0. The molecule has 2 unspecified atom stereocenters. The third-order valence-corrected chi connectivity index (χ3v) is 16.4. The smallest absolute Gasteiger partial charge is 0.192 e. The van der Waals surface area contributed by atoms with Crippen LogP contribution in [0.3, 0.4) is 0 Å². The molecule has 0 radical (unpaired) electrons. The molecule has 0 spiro atoms. The van der Waals surface area contributed by atoms with Crippen molar-refractivity contribution in [1.82, 2.24) is 0 Å². The van der Waals surface area contributed by atoms with Gasteiger partial charge in [0.25, 0.3) is 0 Å². The van der Waals surface area contributed by atoms with E-state index >= 15 is 0 Å². The summed E-state index contributed by atoms with van der Waals surface area (Å²) in [6.07, 6.45) is 4.48. The number of fused-ring (bicyclic) bond motifs is 7. The minimum absolute atomic E-state index is 0.0212. The molecule has 0 amide bonds. The maximum atomic E-state index is 14.4. The number of ketones is 2. The SMILES string of the molecule is CC1(C)O[C@@H]2C[C@H]3[C@@H]4CCC5=CC(=O)C(C=O)C[C@]5(C)C4[C@@H](O)C[C@]3(C)[C@]2(C(=O)CO[Si](C)(C)C(C)(C)C)O1. The van der Waals surface area contributed by atoms with Crippen LogP contribution in [0.15, 0.2) is 11.6 Å². The maximum absolute atomic E-state index is 14.4. The van der Waals surface area contributed by atoms with Crippen LogP contribution in [-0.4, -0.2) is 61.5 Å². The fourth-order valence-electron chi connectivity index (χ4n) is 9.09. The Labute approximate surface area is 234 Å². The van der Waals surface area contributed by atoms with E-state index in [1.165, 1.54) is 0 Å². The van der Waals surface area contributed by atoms with E-state index < -0.39 is 48.7 Å². The second-order valence-corrected chi connectivity index (χ2v) is 20.3. The Kier molecular flexibility index (Phi) is 6.69. The third kappa shape index (κ3) is 4.06. The van der Waals surface area contributed by atoms with E-state index in [-0.39, 0.29) is 41.0 Å². The number of aliphatic hydroxyl groups excluding tert-OH is 1. The number of allylic oxidation sites excluding steroid dienone is 1. The Balaban J connectivity index is 1.51. The second kappa shape index (κ2) is 8.90. The summed E-state index contributed by atoms with van der Waals surface area (Å²) in [7, 11) is -2.19. The number of aldehydes is 1. The van der Waals surface area contributed by atoms with E-state index in [0.717, 1.165) is 24.7 Å². The van der Waals surface area contributed by atoms with Gasteiger partial charge in [0.2, 0.25) is 0 Å². The van der Waals surface area contributed by atoms with Crippen LogP contribution in [0.2, 0.25) is 18.1 Å². The lowest BCUT2D eigenvalue weighted by molar-refractivity contribution is -0.227. The minimum atomic E-state index is -2.19. The summed E-state index contributed by atoms with van der Waals surface area (Å²) in [6.45, 7) is 18.7. The first kappa shape index (κ1) is 29.3. The average molecular weight is 561 g/mol. The monoisotopic (exact) mass is 560 g/mol. The highest BCUT2D eigenvalue weighted by Crippen LogP contribution is 2.71. The van der Waals surface area contributed by atoms with Gasteiger partial charge in [0.15, 0.2) is 31.3 Å². The van der Waals surface area contributed by atoms with Gasteiger partial charge >= 0.3 is 0 Å². The molecule has 9 atom stereocenters. The molecule has 1 aliphatic heterocycles. The number of carbonyl (C=O) groups excluding carboxylic acids is 3. The predicted octanol–water partition coefficient (Wildman–Crippen LogP) is 5.01. The average Bonchev–Trinajstić information content (AvgIpc) is 3.22. The standard InChI is InChI=1S/C31H48O7Si/c1-27(2,3)39(8,9)36-17-24(35)31-25(37-28(4,5)38-31)13-21-20-11-10-19-12-22(33)18(16-32)14-29(19,6)26(20)23(34)15-30(21,31)7/h12,16,18,20-21,23,25-26,34H,10-11,13-15,17H2,1-9H3/t18?,20-,21-,23-,25+,26?,29-,30-,31+/m0/s1. The second-order valence-electron chi connectivity index (χ2n) is 15.5. The zero-order valence-electron chi connectivity index (χ0n) is 25.3. The number of Topliss-reactive ketones (excluding diaryl/α,β-unsaturated/α-hetero) is 1. The first-order chi connectivity index (χ1) is 17.8. The van der Waals surface area contributed by atoms with Crippen molar-refractivity contribution in [2.75, 3.05) is 6.61 Å². The molecule has 7 nitrogen and oxygen atoms in total. The Hall–Kier alpha value is -1.19. The van der Waals surface area contributed by atoms with Crippen molar-refractivity contribution in [3.8, 4) is 0 Å². The number of hydrogen-bond acceptors (Lipinski definition) is 7. The molecule has 1 N–H and O–H groups in total. The summed E-state index contributed by atoms with van der Waals surface area (Å²) >= 11 is 0. The van der Waals surface area contributed by atoms with Gasteiger partial charge < -0.3 is 23.8 Å². The van der Waals surface area contributed by atoms with Crippen LogP contribution in [0.4, 0.5) is 0 Å². The highest BCUT2D eigenvalue weighted by Gasteiger charge is 2.77. The Morgan fingerprint density at radius 2 is 1.87 bits per heavy atom. The van der Waals surface area contributed by atoms with Crippen LogP contribution in [-0.2, 0) is 28.3 Å². The molecule has 3 saturated carbocycles. The number of hydrogen-bond donors (Lipinski definition) is 1. The molecule has 0 bridgehead atoms. The normalized spacial score (nSPS) is 45.1. The lowest BCUT2D eigenvalue weighted by Gasteiger charge is -2.61. The van der Waals surface area contributed by atoms with Crippen molar-refractivity contribution in [1.29, 1.82) is 0 Å². The van der Waals surface area contributed by atoms with Crippen LogP contribution in [0.5, 0.6) is 0 Å². The molecular formula is C31H48O7Si. The van der Waals surface area contributed by atoms with Crippen molar-refractivity contribution < 1.29 is 33.4 Å². The van der Waals surface area contributed by atoms with Gasteiger partial charge in [0.1, 0.15) is 6.29 Å². The Morgan fingerprint density at radius 1 is 1.21 bits per heavy atom. The predicted molar refractivity (Wildman–Crippen MR) is 149 cm³/mol. The van der Waals surface area contributed by atoms with Gasteiger partial charge in [-0.15, -0.1) is 0 Å². The van der Waals surface area contributed by atoms with Crippen molar-refractivity contribution >= 4 is 26.2 Å². The molecule has 0 aromatic rings. The molecule has 1 saturated heterocycles. The topological polar surface area (TPSA) is 99.1 Å². The summed E-state index contributed by atoms with van der Waals surface area (Å²) < 4.78 is 19.6. The van der Waals surface area contributed by atoms with E-state index in [9.17, 15) is 19.5 Å². The molecule has 0 aromatic heterocycles. The lowest BCUT2D eigenvalue weighted by atomic mass is 9.44. The van der Waals surface area contributed by atoms with Crippen LogP contribution in [0.25, 0.3) is 0 Å². The summed E-state index contributed by atoms with van der Waals surface area (Å²) in [6, 6.07) is 0. The van der Waals surface area contributed by atoms with Crippen molar-refractivity contribution in [2.45, 2.75) is 122 Å². The Bertz CT molecular complexity index is 1100. The molecular weight excluding hydrogens is 512 g/mol. The van der Waals surface area contributed by atoms with Gasteiger partial charge in [-0.3, -0.25) is 9.59 Å². The number of rotatable bonds is 5. The van der Waals surface area contributed by atoms with Crippen LogP contribution >= 0.6 is 0 Å². The first-order valence-electron chi connectivity index (χ1n) is 14.8. The molecule has 4 fully saturated rings. The summed E-state index contributed by atoms with van der Waals surface area (Å²) in [5, 5.41) is 11.9. The number of aliphatic hydroxyl groups is 1. The molecule has 5 aliphatic rings. The number of ether oxygens (including phenoxy) is 2. The molecule has 5 rings (SSSR count). The number of carbonyl (C=O) groups is 3. The van der Waals surface area contributed by atoms with Crippen molar-refractivity contribution in [2.24, 2.45) is 34.5 Å². The molecule has 8 heteroatoms.